The minimum atomic E-state index is -1.84. The van der Waals surface area contributed by atoms with E-state index in [1.165, 1.54) is 0 Å². The Bertz CT molecular complexity index is 2060. The van der Waals surface area contributed by atoms with Crippen molar-refractivity contribution >= 4 is 16.1 Å². The van der Waals surface area contributed by atoms with Crippen LogP contribution in [0, 0.1) is 70.3 Å². The zero-order valence-electron chi connectivity index (χ0n) is 29.5. The summed E-state index contributed by atoms with van der Waals surface area (Å²) in [6.45, 7) is 13.4. The largest absolute Gasteiger partial charge is 0.129 e. The molecule has 0 aliphatic carbocycles. The topological polar surface area (TPSA) is 0 Å². The molecule has 0 aliphatic rings. The lowest BCUT2D eigenvalue weighted by Gasteiger charge is -2.14. The molecule has 0 aliphatic heterocycles. The molecule has 0 bridgehead atoms. The molecule has 0 N–H and O–H groups in total. The van der Waals surface area contributed by atoms with Crippen molar-refractivity contribution in [2.45, 2.75) is 39.3 Å². The number of hydrogen-bond donors (Lipinski definition) is 0. The molecular formula is C48H38Si2. The van der Waals surface area contributed by atoms with E-state index in [1.807, 2.05) is 121 Å². The fraction of sp³-hybridized carbons (Fsp3) is 0.125. The van der Waals surface area contributed by atoms with Crippen LogP contribution in [0.2, 0.25) is 39.3 Å². The maximum Gasteiger partial charge on any atom is 0.129 e. The molecule has 0 radical (unpaired) electrons. The lowest BCUT2D eigenvalue weighted by atomic mass is 9.86. The van der Waals surface area contributed by atoms with E-state index >= 15 is 0 Å². The highest BCUT2D eigenvalue weighted by atomic mass is 28.3. The van der Waals surface area contributed by atoms with Gasteiger partial charge < -0.3 is 0 Å². The lowest BCUT2D eigenvalue weighted by Crippen LogP contribution is -2.17. The summed E-state index contributed by atoms with van der Waals surface area (Å²) in [5, 5.41) is 0. The van der Waals surface area contributed by atoms with Gasteiger partial charge in [-0.3, -0.25) is 0 Å². The van der Waals surface area contributed by atoms with Gasteiger partial charge in [0, 0.05) is 22.3 Å². The molecule has 2 heteroatoms. The maximum absolute atomic E-state index is 3.62. The summed E-state index contributed by atoms with van der Waals surface area (Å²) in [7, 11) is -3.68. The second-order valence-corrected chi connectivity index (χ2v) is 23.2. The molecule has 0 aromatic heterocycles. The van der Waals surface area contributed by atoms with Crippen LogP contribution in [0.4, 0.5) is 0 Å². The molecule has 238 valence electrons. The van der Waals surface area contributed by atoms with Gasteiger partial charge >= 0.3 is 0 Å². The Balaban J connectivity index is 2.02. The van der Waals surface area contributed by atoms with Crippen LogP contribution in [0.5, 0.6) is 0 Å². The van der Waals surface area contributed by atoms with Crippen LogP contribution >= 0.6 is 0 Å². The highest BCUT2D eigenvalue weighted by Gasteiger charge is 2.21. The maximum atomic E-state index is 3.62. The van der Waals surface area contributed by atoms with Gasteiger partial charge in [-0.1, -0.05) is 171 Å². The molecule has 5 rings (SSSR count). The minimum absolute atomic E-state index is 0.727. The van der Waals surface area contributed by atoms with Crippen LogP contribution in [0.3, 0.4) is 0 Å². The van der Waals surface area contributed by atoms with Crippen LogP contribution in [-0.4, -0.2) is 16.1 Å². The van der Waals surface area contributed by atoms with Gasteiger partial charge in [-0.25, -0.2) is 0 Å². The first-order valence-electron chi connectivity index (χ1n) is 16.6. The third-order valence-corrected chi connectivity index (χ3v) is 8.80. The molecule has 0 nitrogen and oxygen atoms in total. The molecule has 0 fully saturated rings. The Morgan fingerprint density at radius 1 is 0.260 bits per heavy atom. The molecule has 50 heavy (non-hydrogen) atoms. The Morgan fingerprint density at radius 2 is 0.460 bits per heavy atom. The van der Waals surface area contributed by atoms with E-state index in [9.17, 15) is 0 Å². The second-order valence-electron chi connectivity index (χ2n) is 13.7. The van der Waals surface area contributed by atoms with Gasteiger partial charge in [-0.15, -0.1) is 11.1 Å². The first kappa shape index (κ1) is 35.2. The first-order valence-corrected chi connectivity index (χ1v) is 23.6. The SMILES string of the molecule is C[Si](C)(C)C#Cc1c(C#Cc2ccccc2)c(C#Cc2ccccc2)c(C#C[Si](C)(C)C)c(C#Cc2ccccc2)c1C#Cc1ccccc1. The van der Waals surface area contributed by atoms with E-state index in [-0.39, 0.29) is 0 Å². The Morgan fingerprint density at radius 3 is 0.660 bits per heavy atom. The van der Waals surface area contributed by atoms with Gasteiger partial charge in [0.1, 0.15) is 16.1 Å². The number of rotatable bonds is 0. The molecule has 0 amide bonds. The van der Waals surface area contributed by atoms with Crippen LogP contribution in [0.15, 0.2) is 121 Å². The van der Waals surface area contributed by atoms with Crippen molar-refractivity contribution in [1.29, 1.82) is 0 Å². The average Bonchev–Trinajstić information content (AvgIpc) is 3.11. The van der Waals surface area contributed by atoms with Crippen molar-refractivity contribution in [2.24, 2.45) is 0 Å². The molecule has 0 unspecified atom stereocenters. The number of hydrogen-bond acceptors (Lipinski definition) is 0. The average molecular weight is 671 g/mol. The fourth-order valence-corrected chi connectivity index (χ4v) is 5.62. The predicted octanol–water partition coefficient (Wildman–Crippen LogP) is 9.74. The summed E-state index contributed by atoms with van der Waals surface area (Å²) in [5.41, 5.74) is 15.2. The second kappa shape index (κ2) is 16.3. The summed E-state index contributed by atoms with van der Waals surface area (Å²) in [4.78, 5) is 0. The highest BCUT2D eigenvalue weighted by molar-refractivity contribution is 6.84. The van der Waals surface area contributed by atoms with Crippen LogP contribution in [0.1, 0.15) is 55.6 Å². The van der Waals surface area contributed by atoms with Crippen molar-refractivity contribution in [3.8, 4) is 70.3 Å². The van der Waals surface area contributed by atoms with Crippen molar-refractivity contribution in [1.82, 2.24) is 0 Å². The third-order valence-electron chi connectivity index (χ3n) is 7.05. The quantitative estimate of drug-likeness (QED) is 0.114. The van der Waals surface area contributed by atoms with Gasteiger partial charge in [0.25, 0.3) is 0 Å². The molecule has 0 heterocycles. The lowest BCUT2D eigenvalue weighted by molar-refractivity contribution is 1.43. The zero-order valence-corrected chi connectivity index (χ0v) is 31.5. The highest BCUT2D eigenvalue weighted by Crippen LogP contribution is 2.28. The van der Waals surface area contributed by atoms with E-state index in [1.54, 1.807) is 0 Å². The van der Waals surface area contributed by atoms with Crippen LogP contribution < -0.4 is 0 Å². The van der Waals surface area contributed by atoms with E-state index in [4.69, 9.17) is 0 Å². The van der Waals surface area contributed by atoms with Crippen molar-refractivity contribution in [3.63, 3.8) is 0 Å². The van der Waals surface area contributed by atoms with Crippen LogP contribution in [-0.2, 0) is 0 Å². The zero-order chi connectivity index (χ0) is 35.4. The standard InChI is InChI=1S/C48H38Si2/c1-49(2,3)37-35-47-43(31-27-39-19-11-7-12-20-39)45(33-29-41-23-15-9-16-24-41)48(36-38-50(4,5)6)46(34-30-42-25-17-10-18-26-42)44(47)32-28-40-21-13-8-14-22-40/h7-26H,1-6H3. The summed E-state index contributed by atoms with van der Waals surface area (Å²) in [5.74, 6) is 35.0. The van der Waals surface area contributed by atoms with Gasteiger partial charge in [-0.05, 0) is 48.5 Å². The normalized spacial score (nSPS) is 10.0. The van der Waals surface area contributed by atoms with E-state index in [2.05, 4.69) is 110 Å². The van der Waals surface area contributed by atoms with E-state index in [0.29, 0.717) is 0 Å². The van der Waals surface area contributed by atoms with E-state index < -0.39 is 16.1 Å². The Labute approximate surface area is 301 Å². The van der Waals surface area contributed by atoms with Gasteiger partial charge in [0.05, 0.1) is 33.4 Å². The third kappa shape index (κ3) is 10.4. The van der Waals surface area contributed by atoms with Gasteiger partial charge in [-0.2, -0.15) is 0 Å². The van der Waals surface area contributed by atoms with Gasteiger partial charge in [0.15, 0.2) is 0 Å². The summed E-state index contributed by atoms with van der Waals surface area (Å²) in [6.07, 6.45) is 0. The summed E-state index contributed by atoms with van der Waals surface area (Å²) >= 11 is 0. The summed E-state index contributed by atoms with van der Waals surface area (Å²) in [6, 6.07) is 40.0. The van der Waals surface area contributed by atoms with E-state index in [0.717, 1.165) is 55.6 Å². The monoisotopic (exact) mass is 670 g/mol. The van der Waals surface area contributed by atoms with Crippen molar-refractivity contribution < 1.29 is 0 Å². The minimum Gasteiger partial charge on any atom is -0.127 e. The summed E-state index contributed by atoms with van der Waals surface area (Å²) < 4.78 is 0. The first-order chi connectivity index (χ1) is 24.1. The van der Waals surface area contributed by atoms with Crippen LogP contribution in [0.25, 0.3) is 0 Å². The molecular weight excluding hydrogens is 633 g/mol. The Kier molecular flexibility index (Phi) is 11.5. The molecule has 0 spiro atoms. The van der Waals surface area contributed by atoms with Gasteiger partial charge in [0.2, 0.25) is 0 Å². The number of benzene rings is 5. The molecule has 0 saturated carbocycles. The molecule has 0 saturated heterocycles. The fourth-order valence-electron chi connectivity index (χ4n) is 4.62. The molecule has 0 atom stereocenters. The van der Waals surface area contributed by atoms with Crippen molar-refractivity contribution in [2.75, 3.05) is 0 Å². The Hall–Kier alpha value is -6.11. The molecule has 5 aromatic carbocycles. The smallest absolute Gasteiger partial charge is 0.127 e. The van der Waals surface area contributed by atoms with Crippen molar-refractivity contribution in [3.05, 3.63) is 177 Å². The molecule has 5 aromatic rings. The predicted molar refractivity (Wildman–Crippen MR) is 217 cm³/mol.